The van der Waals surface area contributed by atoms with Crippen molar-refractivity contribution >= 4 is 0 Å². The van der Waals surface area contributed by atoms with Gasteiger partial charge >= 0.3 is 0 Å². The molecule has 0 fully saturated rings. The number of halogens is 2. The standard InChI is InChI=1S/C16H17F2NO/c1-11(12-4-3-5-14(17)8-12)19-10-13-6-7-15(20-2)9-16(13)18/h3-9,11,19H,10H2,1-2H3/t11-/m0/s1. The molecule has 0 unspecified atom stereocenters. The maximum absolute atomic E-state index is 13.8. The third kappa shape index (κ3) is 3.54. The molecule has 106 valence electrons. The number of hydrogen-bond donors (Lipinski definition) is 1. The van der Waals surface area contributed by atoms with Gasteiger partial charge in [0.25, 0.3) is 0 Å². The van der Waals surface area contributed by atoms with E-state index in [0.29, 0.717) is 17.9 Å². The number of methoxy groups -OCH3 is 1. The molecule has 4 heteroatoms. The van der Waals surface area contributed by atoms with E-state index >= 15 is 0 Å². The lowest BCUT2D eigenvalue weighted by atomic mass is 10.1. The molecule has 20 heavy (non-hydrogen) atoms. The Morgan fingerprint density at radius 2 is 1.95 bits per heavy atom. The molecule has 2 nitrogen and oxygen atoms in total. The Balaban J connectivity index is 2.01. The molecule has 0 spiro atoms. The summed E-state index contributed by atoms with van der Waals surface area (Å²) in [4.78, 5) is 0. The van der Waals surface area contributed by atoms with Crippen LogP contribution in [0.3, 0.4) is 0 Å². The Hall–Kier alpha value is -1.94. The predicted molar refractivity (Wildman–Crippen MR) is 74.6 cm³/mol. The van der Waals surface area contributed by atoms with Crippen LogP contribution in [0.2, 0.25) is 0 Å². The first-order valence-electron chi connectivity index (χ1n) is 6.41. The molecular weight excluding hydrogens is 260 g/mol. The fourth-order valence-electron chi connectivity index (χ4n) is 1.96. The Bertz CT molecular complexity index is 586. The fourth-order valence-corrected chi connectivity index (χ4v) is 1.96. The van der Waals surface area contributed by atoms with Gasteiger partial charge in [0.15, 0.2) is 0 Å². The van der Waals surface area contributed by atoms with E-state index < -0.39 is 0 Å². The summed E-state index contributed by atoms with van der Waals surface area (Å²) in [6.07, 6.45) is 0. The van der Waals surface area contributed by atoms with Crippen LogP contribution in [0.15, 0.2) is 42.5 Å². The zero-order valence-electron chi connectivity index (χ0n) is 11.5. The topological polar surface area (TPSA) is 21.3 Å². The van der Waals surface area contributed by atoms with Gasteiger partial charge in [-0.25, -0.2) is 8.78 Å². The molecule has 0 saturated carbocycles. The van der Waals surface area contributed by atoms with Crippen LogP contribution in [0.4, 0.5) is 8.78 Å². The minimum Gasteiger partial charge on any atom is -0.497 e. The van der Waals surface area contributed by atoms with Gasteiger partial charge in [0.2, 0.25) is 0 Å². The lowest BCUT2D eigenvalue weighted by molar-refractivity contribution is 0.410. The quantitative estimate of drug-likeness (QED) is 0.897. The molecule has 0 radical (unpaired) electrons. The van der Waals surface area contributed by atoms with Gasteiger partial charge in [0.05, 0.1) is 7.11 Å². The van der Waals surface area contributed by atoms with E-state index in [1.54, 1.807) is 18.2 Å². The minimum atomic E-state index is -0.316. The summed E-state index contributed by atoms with van der Waals surface area (Å²) < 4.78 is 31.9. The summed E-state index contributed by atoms with van der Waals surface area (Å²) in [7, 11) is 1.50. The SMILES string of the molecule is COc1ccc(CN[C@@H](C)c2cccc(F)c2)c(F)c1. The van der Waals surface area contributed by atoms with Gasteiger partial charge in [-0.15, -0.1) is 0 Å². The predicted octanol–water partition coefficient (Wildman–Crippen LogP) is 3.82. The molecule has 2 aromatic rings. The van der Waals surface area contributed by atoms with Crippen molar-refractivity contribution in [1.29, 1.82) is 0 Å². The molecule has 0 aromatic heterocycles. The summed E-state index contributed by atoms with van der Waals surface area (Å²) >= 11 is 0. The van der Waals surface area contributed by atoms with Crippen LogP contribution < -0.4 is 10.1 Å². The van der Waals surface area contributed by atoms with E-state index in [1.807, 2.05) is 13.0 Å². The Kier molecular flexibility index (Phi) is 4.69. The molecule has 1 atom stereocenters. The van der Waals surface area contributed by atoms with Gasteiger partial charge in [0.1, 0.15) is 17.4 Å². The smallest absolute Gasteiger partial charge is 0.131 e. The molecule has 0 amide bonds. The van der Waals surface area contributed by atoms with Crippen LogP contribution in [-0.4, -0.2) is 7.11 Å². The van der Waals surface area contributed by atoms with Gasteiger partial charge in [0, 0.05) is 24.2 Å². The second kappa shape index (κ2) is 6.48. The minimum absolute atomic E-state index is 0.0628. The summed E-state index contributed by atoms with van der Waals surface area (Å²) in [5.74, 6) is -0.0977. The lowest BCUT2D eigenvalue weighted by Gasteiger charge is -2.15. The maximum atomic E-state index is 13.8. The average Bonchev–Trinajstić information content (AvgIpc) is 2.45. The van der Waals surface area contributed by atoms with E-state index in [9.17, 15) is 8.78 Å². The van der Waals surface area contributed by atoms with Crippen molar-refractivity contribution in [3.63, 3.8) is 0 Å². The Morgan fingerprint density at radius 1 is 1.15 bits per heavy atom. The first kappa shape index (κ1) is 14.5. The summed E-state index contributed by atoms with van der Waals surface area (Å²) in [5.41, 5.74) is 1.38. The van der Waals surface area contributed by atoms with Gasteiger partial charge in [-0.2, -0.15) is 0 Å². The van der Waals surface area contributed by atoms with Crippen LogP contribution in [0.25, 0.3) is 0 Å². The van der Waals surface area contributed by atoms with Crippen molar-refractivity contribution in [2.45, 2.75) is 19.5 Å². The Morgan fingerprint density at radius 3 is 2.60 bits per heavy atom. The number of rotatable bonds is 5. The molecule has 2 aromatic carbocycles. The van der Waals surface area contributed by atoms with Crippen molar-refractivity contribution < 1.29 is 13.5 Å². The van der Waals surface area contributed by atoms with E-state index in [0.717, 1.165) is 5.56 Å². The Labute approximate surface area is 117 Å². The average molecular weight is 277 g/mol. The number of hydrogen-bond acceptors (Lipinski definition) is 2. The molecule has 0 aliphatic heterocycles. The van der Waals surface area contributed by atoms with Gasteiger partial charge in [-0.1, -0.05) is 18.2 Å². The van der Waals surface area contributed by atoms with Gasteiger partial charge in [-0.05, 0) is 30.7 Å². The molecule has 0 heterocycles. The van der Waals surface area contributed by atoms with Crippen molar-refractivity contribution in [2.24, 2.45) is 0 Å². The van der Waals surface area contributed by atoms with Gasteiger partial charge in [-0.3, -0.25) is 0 Å². The summed E-state index contributed by atoms with van der Waals surface area (Å²) in [6.45, 7) is 2.28. The molecule has 0 bridgehead atoms. The molecule has 0 saturated heterocycles. The molecule has 0 aliphatic carbocycles. The van der Waals surface area contributed by atoms with Crippen LogP contribution in [-0.2, 0) is 6.54 Å². The highest BCUT2D eigenvalue weighted by molar-refractivity contribution is 5.29. The van der Waals surface area contributed by atoms with Crippen LogP contribution in [0.1, 0.15) is 24.1 Å². The monoisotopic (exact) mass is 277 g/mol. The molecule has 1 N–H and O–H groups in total. The maximum Gasteiger partial charge on any atom is 0.131 e. The van der Waals surface area contributed by atoms with Crippen molar-refractivity contribution in [3.8, 4) is 5.75 Å². The third-order valence-corrected chi connectivity index (χ3v) is 3.21. The lowest BCUT2D eigenvalue weighted by Crippen LogP contribution is -2.18. The number of nitrogens with one attached hydrogen (secondary N) is 1. The molecule has 2 rings (SSSR count). The van der Waals surface area contributed by atoms with Gasteiger partial charge < -0.3 is 10.1 Å². The number of benzene rings is 2. The fraction of sp³-hybridized carbons (Fsp3) is 0.250. The highest BCUT2D eigenvalue weighted by Crippen LogP contribution is 2.18. The second-order valence-corrected chi connectivity index (χ2v) is 4.61. The molecule has 0 aliphatic rings. The second-order valence-electron chi connectivity index (χ2n) is 4.61. The van der Waals surface area contributed by atoms with Crippen LogP contribution in [0, 0.1) is 11.6 Å². The number of ether oxygens (including phenoxy) is 1. The normalized spacial score (nSPS) is 12.2. The zero-order chi connectivity index (χ0) is 14.5. The van der Waals surface area contributed by atoms with Crippen molar-refractivity contribution in [3.05, 3.63) is 65.2 Å². The van der Waals surface area contributed by atoms with E-state index in [2.05, 4.69) is 5.32 Å². The van der Waals surface area contributed by atoms with E-state index in [4.69, 9.17) is 4.74 Å². The highest BCUT2D eigenvalue weighted by Gasteiger charge is 2.08. The first-order chi connectivity index (χ1) is 9.60. The van der Waals surface area contributed by atoms with E-state index in [-0.39, 0.29) is 17.7 Å². The van der Waals surface area contributed by atoms with Crippen LogP contribution >= 0.6 is 0 Å². The van der Waals surface area contributed by atoms with Crippen LogP contribution in [0.5, 0.6) is 5.75 Å². The summed E-state index contributed by atoms with van der Waals surface area (Å²) in [6, 6.07) is 11.1. The highest BCUT2D eigenvalue weighted by atomic mass is 19.1. The zero-order valence-corrected chi connectivity index (χ0v) is 11.5. The van der Waals surface area contributed by atoms with Crippen molar-refractivity contribution in [2.75, 3.05) is 7.11 Å². The summed E-state index contributed by atoms with van der Waals surface area (Å²) in [5, 5.41) is 3.17. The first-order valence-corrected chi connectivity index (χ1v) is 6.41. The van der Waals surface area contributed by atoms with Crippen molar-refractivity contribution in [1.82, 2.24) is 5.32 Å². The largest absolute Gasteiger partial charge is 0.497 e. The molecular formula is C16H17F2NO. The third-order valence-electron chi connectivity index (χ3n) is 3.21. The van der Waals surface area contributed by atoms with E-state index in [1.165, 1.54) is 25.3 Å².